The van der Waals surface area contributed by atoms with Crippen LogP contribution in [0, 0.1) is 17.1 Å². The average molecular weight is 443 g/mol. The van der Waals surface area contributed by atoms with E-state index in [1.807, 2.05) is 6.07 Å². The first-order valence-corrected chi connectivity index (χ1v) is 9.46. The van der Waals surface area contributed by atoms with E-state index in [1.165, 1.54) is 47.4 Å². The number of carbonyl (C=O) groups is 1. The minimum Gasteiger partial charge on any atom is -0.378 e. The molecule has 1 N–H and O–H groups in total. The molecule has 164 valence electrons. The van der Waals surface area contributed by atoms with Crippen LogP contribution in [0.5, 0.6) is 0 Å². The fourth-order valence-electron chi connectivity index (χ4n) is 2.98. The van der Waals surface area contributed by atoms with E-state index in [0.717, 1.165) is 24.4 Å². The van der Waals surface area contributed by atoms with E-state index in [4.69, 9.17) is 5.26 Å². The van der Waals surface area contributed by atoms with Crippen molar-refractivity contribution >= 4 is 11.6 Å². The van der Waals surface area contributed by atoms with E-state index < -0.39 is 29.6 Å². The normalized spacial score (nSPS) is 12.1. The number of hydrogen-bond acceptors (Lipinski definition) is 4. The summed E-state index contributed by atoms with van der Waals surface area (Å²) in [6, 6.07) is 14.9. The smallest absolute Gasteiger partial charge is 0.378 e. The highest BCUT2D eigenvalue weighted by Crippen LogP contribution is 2.28. The van der Waals surface area contributed by atoms with E-state index >= 15 is 0 Å². The van der Waals surface area contributed by atoms with E-state index in [0.29, 0.717) is 16.9 Å². The molecule has 1 heterocycles. The van der Waals surface area contributed by atoms with Gasteiger partial charge in [0.25, 0.3) is 5.91 Å². The van der Waals surface area contributed by atoms with Crippen LogP contribution in [0.1, 0.15) is 28.5 Å². The van der Waals surface area contributed by atoms with Gasteiger partial charge in [-0.15, -0.1) is 0 Å². The van der Waals surface area contributed by atoms with Crippen molar-refractivity contribution in [2.24, 2.45) is 0 Å². The lowest BCUT2D eigenvalue weighted by molar-refractivity contribution is -0.137. The molecular formula is C23H17F4N3O2. The number of amides is 1. The molecule has 0 fully saturated rings. The summed E-state index contributed by atoms with van der Waals surface area (Å²) in [7, 11) is 0. The highest BCUT2D eigenvalue weighted by molar-refractivity contribution is 5.97. The molecule has 0 aliphatic rings. The van der Waals surface area contributed by atoms with Gasteiger partial charge in [-0.1, -0.05) is 12.1 Å². The zero-order valence-corrected chi connectivity index (χ0v) is 16.6. The number of aliphatic hydroxyl groups is 1. The summed E-state index contributed by atoms with van der Waals surface area (Å²) in [4.78, 5) is 18.1. The van der Waals surface area contributed by atoms with Gasteiger partial charge in [-0.2, -0.15) is 18.4 Å². The number of aliphatic hydroxyl groups excluding tert-OH is 1. The zero-order chi connectivity index (χ0) is 23.3. The molecule has 0 bridgehead atoms. The van der Waals surface area contributed by atoms with Crippen molar-refractivity contribution in [1.29, 1.82) is 5.26 Å². The Hall–Kier alpha value is -3.77. The van der Waals surface area contributed by atoms with Gasteiger partial charge >= 0.3 is 6.18 Å². The van der Waals surface area contributed by atoms with Crippen LogP contribution < -0.4 is 4.90 Å². The molecule has 0 aliphatic carbocycles. The fraction of sp³-hybridized carbons (Fsp3) is 0.174. The summed E-state index contributed by atoms with van der Waals surface area (Å²) < 4.78 is 51.4. The zero-order valence-electron chi connectivity index (χ0n) is 16.6. The molecule has 0 saturated carbocycles. The molecule has 0 saturated heterocycles. The number of pyridine rings is 1. The summed E-state index contributed by atoms with van der Waals surface area (Å²) in [6.45, 7) is 0.00134. The Morgan fingerprint density at radius 1 is 1.06 bits per heavy atom. The molecule has 3 rings (SSSR count). The van der Waals surface area contributed by atoms with Gasteiger partial charge < -0.3 is 10.0 Å². The van der Waals surface area contributed by atoms with Gasteiger partial charge in [0.1, 0.15) is 5.82 Å². The molecule has 3 aromatic rings. The molecule has 9 heteroatoms. The van der Waals surface area contributed by atoms with Crippen LogP contribution in [0.4, 0.5) is 23.2 Å². The van der Waals surface area contributed by atoms with Crippen LogP contribution in [0.2, 0.25) is 0 Å². The van der Waals surface area contributed by atoms with E-state index in [1.54, 1.807) is 0 Å². The van der Waals surface area contributed by atoms with E-state index in [-0.39, 0.29) is 18.5 Å². The maximum atomic E-state index is 13.2. The summed E-state index contributed by atoms with van der Waals surface area (Å²) in [6.07, 6.45) is -5.27. The Morgan fingerprint density at radius 3 is 2.25 bits per heavy atom. The van der Waals surface area contributed by atoms with Crippen molar-refractivity contribution in [3.8, 4) is 6.07 Å². The van der Waals surface area contributed by atoms with Gasteiger partial charge in [-0.3, -0.25) is 9.78 Å². The number of alkyl halides is 3. The Labute approximate surface area is 181 Å². The maximum Gasteiger partial charge on any atom is 0.417 e. The monoisotopic (exact) mass is 443 g/mol. The molecule has 5 nitrogen and oxygen atoms in total. The molecule has 2 aromatic carbocycles. The number of anilines is 1. The van der Waals surface area contributed by atoms with Gasteiger partial charge in [-0.05, 0) is 54.1 Å². The lowest BCUT2D eigenvalue weighted by Gasteiger charge is -2.25. The molecule has 0 spiro atoms. The van der Waals surface area contributed by atoms with E-state index in [2.05, 4.69) is 4.98 Å². The quantitative estimate of drug-likeness (QED) is 0.572. The van der Waals surface area contributed by atoms with Crippen LogP contribution in [-0.2, 0) is 17.4 Å². The second-order valence-electron chi connectivity index (χ2n) is 6.89. The number of hydrogen-bond donors (Lipinski definition) is 1. The van der Waals surface area contributed by atoms with Crippen LogP contribution >= 0.6 is 0 Å². The van der Waals surface area contributed by atoms with Crippen molar-refractivity contribution in [2.45, 2.75) is 18.7 Å². The van der Waals surface area contributed by atoms with Crippen molar-refractivity contribution in [3.05, 3.63) is 95.1 Å². The van der Waals surface area contributed by atoms with Gasteiger partial charge in [-0.25, -0.2) is 4.39 Å². The topological polar surface area (TPSA) is 77.2 Å². The second kappa shape index (κ2) is 9.58. The lowest BCUT2D eigenvalue weighted by atomic mass is 10.1. The minimum atomic E-state index is -4.50. The number of benzene rings is 2. The Bertz CT molecular complexity index is 1110. The number of nitrogens with zero attached hydrogens (tertiary/aromatic N) is 3. The largest absolute Gasteiger partial charge is 0.417 e. The van der Waals surface area contributed by atoms with Gasteiger partial charge in [0.15, 0.2) is 6.10 Å². The van der Waals surface area contributed by atoms with Crippen molar-refractivity contribution < 1.29 is 27.5 Å². The predicted octanol–water partition coefficient (Wildman–Crippen LogP) is 4.42. The molecular weight excluding hydrogens is 426 g/mol. The van der Waals surface area contributed by atoms with Gasteiger partial charge in [0, 0.05) is 30.5 Å². The number of halogens is 4. The molecule has 1 amide bonds. The fourth-order valence-corrected chi connectivity index (χ4v) is 2.98. The van der Waals surface area contributed by atoms with Crippen LogP contribution in [0.25, 0.3) is 0 Å². The molecule has 0 aliphatic heterocycles. The maximum absolute atomic E-state index is 13.2. The second-order valence-corrected chi connectivity index (χ2v) is 6.89. The first-order valence-electron chi connectivity index (χ1n) is 9.46. The Balaban J connectivity index is 1.84. The van der Waals surface area contributed by atoms with Crippen LogP contribution in [0.15, 0.2) is 66.9 Å². The summed E-state index contributed by atoms with van der Waals surface area (Å²) >= 11 is 0. The minimum absolute atomic E-state index is 0.00134. The number of carbonyl (C=O) groups excluding carboxylic acids is 1. The highest BCUT2D eigenvalue weighted by Gasteiger charge is 2.31. The summed E-state index contributed by atoms with van der Waals surface area (Å²) in [5, 5.41) is 19.5. The predicted molar refractivity (Wildman–Crippen MR) is 108 cm³/mol. The highest BCUT2D eigenvalue weighted by atomic mass is 19.4. The standard InChI is InChI=1S/C23H17F4N3O2/c24-18-6-3-16(4-7-18)21(31)22(32)30(20-9-1-15(13-28)2-10-20)12-11-19-8-5-17(14-29-19)23(25,26)27/h1-10,14,21,31H,11-12H2/t21-/m1/s1. The van der Waals surface area contributed by atoms with E-state index in [9.17, 15) is 27.5 Å². The molecule has 32 heavy (non-hydrogen) atoms. The third-order valence-corrected chi connectivity index (χ3v) is 4.74. The third-order valence-electron chi connectivity index (χ3n) is 4.74. The number of nitriles is 1. The van der Waals surface area contributed by atoms with Crippen LogP contribution in [-0.4, -0.2) is 22.5 Å². The molecule has 1 aromatic heterocycles. The molecule has 0 unspecified atom stereocenters. The average Bonchev–Trinajstić information content (AvgIpc) is 2.79. The first-order chi connectivity index (χ1) is 15.2. The number of aromatic nitrogens is 1. The first kappa shape index (κ1) is 22.9. The van der Waals surface area contributed by atoms with Crippen molar-refractivity contribution in [3.63, 3.8) is 0 Å². The Morgan fingerprint density at radius 2 is 1.72 bits per heavy atom. The SMILES string of the molecule is N#Cc1ccc(N(CCc2ccc(C(F)(F)F)cn2)C(=O)[C@H](O)c2ccc(F)cc2)cc1. The molecule has 0 radical (unpaired) electrons. The lowest BCUT2D eigenvalue weighted by Crippen LogP contribution is -2.37. The number of rotatable bonds is 6. The van der Waals surface area contributed by atoms with Gasteiger partial charge in [0.2, 0.25) is 0 Å². The summed E-state index contributed by atoms with van der Waals surface area (Å²) in [5.74, 6) is -1.24. The van der Waals surface area contributed by atoms with Crippen LogP contribution in [0.3, 0.4) is 0 Å². The molecule has 1 atom stereocenters. The van der Waals surface area contributed by atoms with Gasteiger partial charge in [0.05, 0.1) is 17.2 Å². The Kier molecular flexibility index (Phi) is 6.85. The summed E-state index contributed by atoms with van der Waals surface area (Å²) in [5.41, 5.74) is 0.364. The third kappa shape index (κ3) is 5.47. The van der Waals surface area contributed by atoms with Crippen molar-refractivity contribution in [1.82, 2.24) is 4.98 Å². The van der Waals surface area contributed by atoms with Crippen molar-refractivity contribution in [2.75, 3.05) is 11.4 Å².